The fourth-order valence-corrected chi connectivity index (χ4v) is 4.58. The molecule has 0 unspecified atom stereocenters. The molecule has 0 bridgehead atoms. The number of carbonyl (C=O) groups excluding carboxylic acids is 1. The van der Waals surface area contributed by atoms with E-state index in [-0.39, 0.29) is 15.5 Å². The molecular weight excluding hydrogens is 312 g/mol. The lowest BCUT2D eigenvalue weighted by molar-refractivity contribution is 0.0993. The fourth-order valence-electron chi connectivity index (χ4n) is 2.77. The highest BCUT2D eigenvalue weighted by Crippen LogP contribution is 2.32. The van der Waals surface area contributed by atoms with Crippen LogP contribution in [0, 0.1) is 13.8 Å². The Balaban J connectivity index is 2.38. The molecule has 3 aromatic rings. The van der Waals surface area contributed by atoms with Crippen molar-refractivity contribution in [2.75, 3.05) is 0 Å². The number of hydrogen-bond donors (Lipinski definition) is 2. The van der Waals surface area contributed by atoms with Gasteiger partial charge in [0.1, 0.15) is 10.6 Å². The second-order valence-corrected chi connectivity index (χ2v) is 7.45. The first-order valence-electron chi connectivity index (χ1n) is 7.04. The van der Waals surface area contributed by atoms with Crippen molar-refractivity contribution in [3.63, 3.8) is 0 Å². The average Bonchev–Trinajstić information content (AvgIpc) is 2.86. The van der Waals surface area contributed by atoms with Crippen LogP contribution in [0.2, 0.25) is 0 Å². The summed E-state index contributed by atoms with van der Waals surface area (Å²) in [4.78, 5) is 14.6. The van der Waals surface area contributed by atoms with Crippen LogP contribution < -0.4 is 5.73 Å². The quantitative estimate of drug-likeness (QED) is 0.774. The maximum Gasteiger partial charge on any atom is 0.266 e. The number of nitrogens with one attached hydrogen (secondary N) is 1. The second-order valence-electron chi connectivity index (χ2n) is 5.57. The van der Waals surface area contributed by atoms with E-state index in [1.807, 2.05) is 19.9 Å². The number of hydrogen-bond acceptors (Lipinski definition) is 3. The van der Waals surface area contributed by atoms with Crippen LogP contribution in [0.1, 0.15) is 21.6 Å². The summed E-state index contributed by atoms with van der Waals surface area (Å²) in [5.41, 5.74) is 7.52. The van der Waals surface area contributed by atoms with E-state index < -0.39 is 15.7 Å². The Morgan fingerprint density at radius 3 is 2.26 bits per heavy atom. The second kappa shape index (κ2) is 5.24. The van der Waals surface area contributed by atoms with Crippen LogP contribution in [-0.2, 0) is 9.84 Å². The molecule has 0 aliphatic heterocycles. The van der Waals surface area contributed by atoms with Gasteiger partial charge >= 0.3 is 0 Å². The van der Waals surface area contributed by atoms with Gasteiger partial charge in [-0.3, -0.25) is 4.79 Å². The Hall–Kier alpha value is -2.60. The van der Waals surface area contributed by atoms with E-state index in [0.29, 0.717) is 10.9 Å². The zero-order chi connectivity index (χ0) is 16.8. The smallest absolute Gasteiger partial charge is 0.266 e. The monoisotopic (exact) mass is 328 g/mol. The van der Waals surface area contributed by atoms with Crippen LogP contribution in [-0.4, -0.2) is 19.3 Å². The van der Waals surface area contributed by atoms with E-state index in [2.05, 4.69) is 4.98 Å². The molecule has 3 rings (SSSR count). The van der Waals surface area contributed by atoms with Gasteiger partial charge in [-0.15, -0.1) is 0 Å². The molecule has 118 valence electrons. The van der Waals surface area contributed by atoms with Gasteiger partial charge in [-0.2, -0.15) is 0 Å². The molecule has 0 radical (unpaired) electrons. The summed E-state index contributed by atoms with van der Waals surface area (Å²) in [6.07, 6.45) is 0. The molecule has 0 aliphatic carbocycles. The lowest BCUT2D eigenvalue weighted by atomic mass is 10.2. The summed E-state index contributed by atoms with van der Waals surface area (Å²) < 4.78 is 26.2. The number of fused-ring (bicyclic) bond motifs is 1. The fraction of sp³-hybridized carbons (Fsp3) is 0.118. The minimum atomic E-state index is -3.87. The zero-order valence-electron chi connectivity index (χ0n) is 12.8. The van der Waals surface area contributed by atoms with Crippen LogP contribution in [0.15, 0.2) is 52.3 Å². The Morgan fingerprint density at radius 1 is 1.04 bits per heavy atom. The van der Waals surface area contributed by atoms with Gasteiger partial charge in [-0.25, -0.2) is 8.42 Å². The first kappa shape index (κ1) is 15.3. The Kier molecular flexibility index (Phi) is 3.49. The van der Waals surface area contributed by atoms with E-state index in [9.17, 15) is 13.2 Å². The van der Waals surface area contributed by atoms with Crippen LogP contribution >= 0.6 is 0 Å². The number of aryl methyl sites for hydroxylation is 2. The molecule has 1 heterocycles. The highest BCUT2D eigenvalue weighted by molar-refractivity contribution is 7.91. The SMILES string of the molecule is Cc1cc(C)cc(S(=O)(=O)c2c(C(N)=O)[nH]c3ccccc23)c1. The molecule has 0 saturated carbocycles. The molecule has 2 aromatic carbocycles. The van der Waals surface area contributed by atoms with Gasteiger partial charge in [0, 0.05) is 10.9 Å². The van der Waals surface area contributed by atoms with Gasteiger partial charge in [0.2, 0.25) is 9.84 Å². The van der Waals surface area contributed by atoms with Gasteiger partial charge < -0.3 is 10.7 Å². The van der Waals surface area contributed by atoms with Crippen molar-refractivity contribution in [2.45, 2.75) is 23.6 Å². The van der Waals surface area contributed by atoms with E-state index in [1.165, 1.54) is 0 Å². The van der Waals surface area contributed by atoms with E-state index >= 15 is 0 Å². The molecule has 0 atom stereocenters. The van der Waals surface area contributed by atoms with E-state index in [4.69, 9.17) is 5.73 Å². The highest BCUT2D eigenvalue weighted by atomic mass is 32.2. The van der Waals surface area contributed by atoms with Crippen LogP contribution in [0.5, 0.6) is 0 Å². The maximum absolute atomic E-state index is 13.1. The Labute approximate surface area is 134 Å². The number of amides is 1. The van der Waals surface area contributed by atoms with E-state index in [1.54, 1.807) is 36.4 Å². The van der Waals surface area contributed by atoms with Crippen LogP contribution in [0.3, 0.4) is 0 Å². The lowest BCUT2D eigenvalue weighted by Crippen LogP contribution is -2.16. The van der Waals surface area contributed by atoms with Crippen molar-refractivity contribution in [3.05, 3.63) is 59.3 Å². The maximum atomic E-state index is 13.1. The van der Waals surface area contributed by atoms with Gasteiger partial charge in [-0.05, 0) is 43.2 Å². The highest BCUT2D eigenvalue weighted by Gasteiger charge is 2.28. The summed E-state index contributed by atoms with van der Waals surface area (Å²) in [5.74, 6) is -0.802. The Bertz CT molecular complexity index is 1010. The Morgan fingerprint density at radius 2 is 1.65 bits per heavy atom. The molecule has 0 aliphatic rings. The number of carbonyl (C=O) groups is 1. The molecule has 0 spiro atoms. The molecule has 5 nitrogen and oxygen atoms in total. The number of benzene rings is 2. The summed E-state index contributed by atoms with van der Waals surface area (Å²) in [6, 6.07) is 11.9. The van der Waals surface area contributed by atoms with Gasteiger partial charge in [-0.1, -0.05) is 24.3 Å². The topological polar surface area (TPSA) is 93.0 Å². The van der Waals surface area contributed by atoms with Crippen LogP contribution in [0.25, 0.3) is 10.9 Å². The normalized spacial score (nSPS) is 11.7. The standard InChI is InChI=1S/C17H16N2O3S/c1-10-7-11(2)9-12(8-10)23(21,22)16-13-5-3-4-6-14(13)19-15(16)17(18)20/h3-9,19H,1-2H3,(H2,18,20). The largest absolute Gasteiger partial charge is 0.364 e. The average molecular weight is 328 g/mol. The number of sulfone groups is 1. The molecule has 1 aromatic heterocycles. The zero-order valence-corrected chi connectivity index (χ0v) is 13.6. The molecule has 0 saturated heterocycles. The lowest BCUT2D eigenvalue weighted by Gasteiger charge is -2.08. The molecule has 6 heteroatoms. The number of aromatic nitrogens is 1. The molecule has 1 amide bonds. The van der Waals surface area contributed by atoms with Crippen molar-refractivity contribution in [1.82, 2.24) is 4.98 Å². The summed E-state index contributed by atoms with van der Waals surface area (Å²) >= 11 is 0. The van der Waals surface area contributed by atoms with Crippen molar-refractivity contribution >= 4 is 26.6 Å². The van der Waals surface area contributed by atoms with Gasteiger partial charge in [0.05, 0.1) is 4.90 Å². The summed E-state index contributed by atoms with van der Waals surface area (Å²) in [6.45, 7) is 3.66. The van der Waals surface area contributed by atoms with E-state index in [0.717, 1.165) is 11.1 Å². The number of rotatable bonds is 3. The molecule has 23 heavy (non-hydrogen) atoms. The van der Waals surface area contributed by atoms with Crippen molar-refractivity contribution in [2.24, 2.45) is 5.73 Å². The third-order valence-electron chi connectivity index (χ3n) is 3.68. The number of H-pyrrole nitrogens is 1. The minimum Gasteiger partial charge on any atom is -0.364 e. The first-order chi connectivity index (χ1) is 10.8. The van der Waals surface area contributed by atoms with Crippen LogP contribution in [0.4, 0.5) is 0 Å². The summed E-state index contributed by atoms with van der Waals surface area (Å²) in [7, 11) is -3.87. The predicted molar refractivity (Wildman–Crippen MR) is 88.2 cm³/mol. The van der Waals surface area contributed by atoms with Crippen molar-refractivity contribution in [1.29, 1.82) is 0 Å². The number of para-hydroxylation sites is 1. The molecule has 0 fully saturated rings. The van der Waals surface area contributed by atoms with Crippen molar-refractivity contribution < 1.29 is 13.2 Å². The third-order valence-corrected chi connectivity index (χ3v) is 5.50. The number of aromatic amines is 1. The van der Waals surface area contributed by atoms with Crippen molar-refractivity contribution in [3.8, 4) is 0 Å². The number of primary amides is 1. The molecular formula is C17H16N2O3S. The number of nitrogens with two attached hydrogens (primary N) is 1. The third kappa shape index (κ3) is 2.51. The first-order valence-corrected chi connectivity index (χ1v) is 8.53. The summed E-state index contributed by atoms with van der Waals surface area (Å²) in [5, 5.41) is 0.459. The van der Waals surface area contributed by atoms with Gasteiger partial charge in [0.25, 0.3) is 5.91 Å². The van der Waals surface area contributed by atoms with Gasteiger partial charge in [0.15, 0.2) is 0 Å². The molecule has 3 N–H and O–H groups in total. The minimum absolute atomic E-state index is 0.0643. The predicted octanol–water partition coefficient (Wildman–Crippen LogP) is 2.72.